The second-order valence-corrected chi connectivity index (χ2v) is 6.99. The molecular weight excluding hydrogens is 270 g/mol. The van der Waals surface area contributed by atoms with Crippen LogP contribution in [0.3, 0.4) is 0 Å². The Hall–Kier alpha value is -1.08. The number of carbonyl (C=O) groups is 1. The molecule has 0 N–H and O–H groups in total. The van der Waals surface area contributed by atoms with Crippen LogP contribution in [0, 0.1) is 11.8 Å². The summed E-state index contributed by atoms with van der Waals surface area (Å²) in [5, 5.41) is 0. The van der Waals surface area contributed by atoms with E-state index in [0.717, 1.165) is 6.26 Å². The number of ether oxygens (including phenoxy) is 1. The monoisotopic (exact) mass is 289 g/mol. The van der Waals surface area contributed by atoms with E-state index in [-0.39, 0.29) is 12.2 Å². The normalized spacial score (nSPS) is 30.2. The van der Waals surface area contributed by atoms with Gasteiger partial charge in [-0.25, -0.2) is 4.79 Å². The number of hydrogen-bond donors (Lipinski definition) is 0. The van der Waals surface area contributed by atoms with E-state index in [1.165, 1.54) is 0 Å². The van der Waals surface area contributed by atoms with Crippen molar-refractivity contribution in [2.45, 2.75) is 25.9 Å². The SMILES string of the molecule is C=C(C)OC(=O)N1C[C@H]2C[C@@H](OS(C)(=O)=O)C[C@H]2C1. The summed E-state index contributed by atoms with van der Waals surface area (Å²) in [5.74, 6) is 0.967. The van der Waals surface area contributed by atoms with Crippen molar-refractivity contribution >= 4 is 16.2 Å². The van der Waals surface area contributed by atoms with Crippen LogP contribution in [0.5, 0.6) is 0 Å². The topological polar surface area (TPSA) is 72.9 Å². The third-order valence-corrected chi connectivity index (χ3v) is 4.16. The summed E-state index contributed by atoms with van der Waals surface area (Å²) in [6.07, 6.45) is 1.80. The van der Waals surface area contributed by atoms with Gasteiger partial charge in [-0.2, -0.15) is 8.42 Å². The van der Waals surface area contributed by atoms with Gasteiger partial charge in [-0.1, -0.05) is 6.58 Å². The van der Waals surface area contributed by atoms with Gasteiger partial charge in [-0.3, -0.25) is 4.18 Å². The fourth-order valence-electron chi connectivity index (χ4n) is 2.93. The van der Waals surface area contributed by atoms with Crippen LogP contribution in [-0.4, -0.2) is 44.9 Å². The Bertz CT molecular complexity index is 472. The van der Waals surface area contributed by atoms with Gasteiger partial charge in [0.05, 0.1) is 18.1 Å². The fourth-order valence-corrected chi connectivity index (χ4v) is 3.58. The number of likely N-dealkylation sites (tertiary alicyclic amines) is 1. The second kappa shape index (κ2) is 5.13. The zero-order valence-corrected chi connectivity index (χ0v) is 12.0. The van der Waals surface area contributed by atoms with E-state index >= 15 is 0 Å². The van der Waals surface area contributed by atoms with Gasteiger partial charge in [0, 0.05) is 13.1 Å². The first-order valence-corrected chi connectivity index (χ1v) is 8.07. The number of fused-ring (bicyclic) bond motifs is 1. The molecule has 2 aliphatic rings. The minimum absolute atomic E-state index is 0.246. The second-order valence-electron chi connectivity index (χ2n) is 5.39. The molecule has 1 saturated heterocycles. The van der Waals surface area contributed by atoms with Crippen molar-refractivity contribution < 1.29 is 22.1 Å². The van der Waals surface area contributed by atoms with E-state index in [9.17, 15) is 13.2 Å². The average Bonchev–Trinajstić information content (AvgIpc) is 2.70. The minimum atomic E-state index is -3.40. The molecule has 6 nitrogen and oxygen atoms in total. The molecule has 0 bridgehead atoms. The van der Waals surface area contributed by atoms with Crippen LogP contribution in [0.15, 0.2) is 12.3 Å². The van der Waals surface area contributed by atoms with Gasteiger partial charge in [-0.15, -0.1) is 0 Å². The van der Waals surface area contributed by atoms with E-state index in [1.807, 2.05) is 0 Å². The van der Waals surface area contributed by atoms with Crippen LogP contribution in [0.25, 0.3) is 0 Å². The molecule has 0 radical (unpaired) electrons. The molecule has 2 fully saturated rings. The Labute approximate surface area is 113 Å². The minimum Gasteiger partial charge on any atom is -0.416 e. The predicted octanol–water partition coefficient (Wildman–Crippen LogP) is 1.34. The molecular formula is C12H19NO5S. The van der Waals surface area contributed by atoms with Gasteiger partial charge in [0.2, 0.25) is 0 Å². The summed E-state index contributed by atoms with van der Waals surface area (Å²) in [4.78, 5) is 13.4. The molecule has 1 aliphatic carbocycles. The quantitative estimate of drug-likeness (QED) is 0.579. The maximum atomic E-state index is 11.7. The molecule has 0 aromatic rings. The van der Waals surface area contributed by atoms with Crippen molar-refractivity contribution in [1.82, 2.24) is 4.90 Å². The smallest absolute Gasteiger partial charge is 0.414 e. The van der Waals surface area contributed by atoms with Crippen LogP contribution in [-0.2, 0) is 19.0 Å². The molecule has 0 aromatic heterocycles. The van der Waals surface area contributed by atoms with Crippen molar-refractivity contribution in [2.75, 3.05) is 19.3 Å². The highest BCUT2D eigenvalue weighted by atomic mass is 32.2. The number of nitrogens with zero attached hydrogens (tertiary/aromatic N) is 1. The van der Waals surface area contributed by atoms with Crippen molar-refractivity contribution in [3.05, 3.63) is 12.3 Å². The lowest BCUT2D eigenvalue weighted by atomic mass is 10.0. The van der Waals surface area contributed by atoms with Gasteiger partial charge in [0.1, 0.15) is 0 Å². The summed E-state index contributed by atoms with van der Waals surface area (Å²) in [7, 11) is -3.40. The van der Waals surface area contributed by atoms with Gasteiger partial charge in [-0.05, 0) is 31.6 Å². The van der Waals surface area contributed by atoms with Crippen LogP contribution in [0.2, 0.25) is 0 Å². The van der Waals surface area contributed by atoms with Crippen LogP contribution >= 0.6 is 0 Å². The summed E-state index contributed by atoms with van der Waals surface area (Å²) < 4.78 is 32.2. The highest BCUT2D eigenvalue weighted by Crippen LogP contribution is 2.40. The lowest BCUT2D eigenvalue weighted by molar-refractivity contribution is 0.130. The summed E-state index contributed by atoms with van der Waals surface area (Å²) in [6, 6.07) is 0. The van der Waals surface area contributed by atoms with E-state index in [0.29, 0.717) is 43.5 Å². The first-order valence-electron chi connectivity index (χ1n) is 6.25. The van der Waals surface area contributed by atoms with Gasteiger partial charge in [0.25, 0.3) is 10.1 Å². The number of allylic oxidation sites excluding steroid dienone is 1. The number of rotatable bonds is 3. The molecule has 1 saturated carbocycles. The standard InChI is InChI=1S/C12H19NO5S/c1-8(2)17-12(14)13-6-9-4-11(5-10(9)7-13)18-19(3,15)16/h9-11H,1,4-7H2,2-3H3/t9-,10+,11-. The molecule has 1 aliphatic heterocycles. The summed E-state index contributed by atoms with van der Waals surface area (Å²) in [5.41, 5.74) is 0. The number of carbonyl (C=O) groups excluding carboxylic acids is 1. The third kappa shape index (κ3) is 3.70. The van der Waals surface area contributed by atoms with Crippen molar-refractivity contribution in [3.63, 3.8) is 0 Å². The van der Waals surface area contributed by atoms with E-state index in [4.69, 9.17) is 8.92 Å². The first kappa shape index (κ1) is 14.3. The molecule has 1 heterocycles. The Morgan fingerprint density at radius 2 is 1.79 bits per heavy atom. The molecule has 2 rings (SSSR count). The van der Waals surface area contributed by atoms with Crippen molar-refractivity contribution in [2.24, 2.45) is 11.8 Å². The zero-order chi connectivity index (χ0) is 14.2. The lowest BCUT2D eigenvalue weighted by Gasteiger charge is -2.18. The van der Waals surface area contributed by atoms with Gasteiger partial charge < -0.3 is 9.64 Å². The Morgan fingerprint density at radius 3 is 2.21 bits per heavy atom. The highest BCUT2D eigenvalue weighted by molar-refractivity contribution is 7.86. The molecule has 0 spiro atoms. The maximum absolute atomic E-state index is 11.7. The molecule has 108 valence electrons. The molecule has 3 atom stereocenters. The van der Waals surface area contributed by atoms with E-state index < -0.39 is 10.1 Å². The molecule has 19 heavy (non-hydrogen) atoms. The Kier molecular flexibility index (Phi) is 3.87. The van der Waals surface area contributed by atoms with Crippen LogP contribution < -0.4 is 0 Å². The largest absolute Gasteiger partial charge is 0.416 e. The number of hydrogen-bond acceptors (Lipinski definition) is 5. The Balaban J connectivity index is 1.87. The predicted molar refractivity (Wildman–Crippen MR) is 68.8 cm³/mol. The van der Waals surface area contributed by atoms with Crippen molar-refractivity contribution in [1.29, 1.82) is 0 Å². The van der Waals surface area contributed by atoms with Crippen molar-refractivity contribution in [3.8, 4) is 0 Å². The lowest BCUT2D eigenvalue weighted by Crippen LogP contribution is -2.30. The molecule has 0 aromatic carbocycles. The van der Waals surface area contributed by atoms with Gasteiger partial charge in [0.15, 0.2) is 0 Å². The molecule has 0 unspecified atom stereocenters. The van der Waals surface area contributed by atoms with E-state index in [1.54, 1.807) is 11.8 Å². The molecule has 1 amide bonds. The zero-order valence-electron chi connectivity index (χ0n) is 11.2. The Morgan fingerprint density at radius 1 is 1.26 bits per heavy atom. The first-order chi connectivity index (χ1) is 8.74. The third-order valence-electron chi connectivity index (χ3n) is 3.54. The van der Waals surface area contributed by atoms with Gasteiger partial charge >= 0.3 is 6.09 Å². The fraction of sp³-hybridized carbons (Fsp3) is 0.750. The summed E-state index contributed by atoms with van der Waals surface area (Å²) >= 11 is 0. The summed E-state index contributed by atoms with van der Waals surface area (Å²) in [6.45, 7) is 6.36. The maximum Gasteiger partial charge on any atom is 0.414 e. The van der Waals surface area contributed by atoms with Crippen LogP contribution in [0.1, 0.15) is 19.8 Å². The molecule has 7 heteroatoms. The van der Waals surface area contributed by atoms with E-state index in [2.05, 4.69) is 6.58 Å². The highest BCUT2D eigenvalue weighted by Gasteiger charge is 2.44. The average molecular weight is 289 g/mol. The van der Waals surface area contributed by atoms with Crippen LogP contribution in [0.4, 0.5) is 4.79 Å². The number of amides is 1.